The Morgan fingerprint density at radius 1 is 1.06 bits per heavy atom. The van der Waals surface area contributed by atoms with E-state index >= 15 is 0 Å². The van der Waals surface area contributed by atoms with Crippen LogP contribution in [0.15, 0.2) is 67.1 Å². The molecule has 0 fully saturated rings. The highest BCUT2D eigenvalue weighted by Crippen LogP contribution is 2.43. The monoisotopic (exact) mass is 452 g/mol. The summed E-state index contributed by atoms with van der Waals surface area (Å²) in [6.07, 6.45) is 1.85. The van der Waals surface area contributed by atoms with E-state index in [9.17, 15) is 18.3 Å². The maximum atomic E-state index is 14.3. The van der Waals surface area contributed by atoms with Gasteiger partial charge in [0.15, 0.2) is 11.1 Å². The molecule has 3 heterocycles. The minimum Gasteiger partial charge on any atom is -0.380 e. The number of aryl methyl sites for hydroxylation is 1. The van der Waals surface area contributed by atoms with Gasteiger partial charge in [0, 0.05) is 43.0 Å². The van der Waals surface area contributed by atoms with Gasteiger partial charge < -0.3 is 9.67 Å². The number of aliphatic hydroxyl groups is 1. The van der Waals surface area contributed by atoms with Crippen LogP contribution in [0.3, 0.4) is 0 Å². The van der Waals surface area contributed by atoms with Gasteiger partial charge in [-0.15, -0.1) is 0 Å². The number of rotatable bonds is 6. The predicted molar refractivity (Wildman–Crippen MR) is 119 cm³/mol. The maximum absolute atomic E-state index is 14.3. The van der Waals surface area contributed by atoms with Gasteiger partial charge in [0.1, 0.15) is 0 Å². The van der Waals surface area contributed by atoms with Crippen molar-refractivity contribution in [2.45, 2.75) is 43.9 Å². The lowest BCUT2D eigenvalue weighted by Gasteiger charge is -2.38. The second-order valence-corrected chi connectivity index (χ2v) is 9.14. The van der Waals surface area contributed by atoms with Crippen molar-refractivity contribution < 1.29 is 23.3 Å². The van der Waals surface area contributed by atoms with Gasteiger partial charge in [0.05, 0.1) is 0 Å². The third kappa shape index (κ3) is 4.44. The molecule has 0 radical (unpaired) electrons. The van der Waals surface area contributed by atoms with Crippen LogP contribution in [0.5, 0.6) is 0 Å². The number of pyridine rings is 1. The normalized spacial score (nSPS) is 14.2. The summed E-state index contributed by atoms with van der Waals surface area (Å²) in [7, 11) is 1.66. The van der Waals surface area contributed by atoms with Crippen LogP contribution < -0.4 is 4.98 Å². The molecule has 0 spiro atoms. The molecule has 170 valence electrons. The van der Waals surface area contributed by atoms with E-state index in [1.807, 2.05) is 30.3 Å². The van der Waals surface area contributed by atoms with Crippen molar-refractivity contribution in [2.24, 2.45) is 7.05 Å². The molecule has 0 saturated heterocycles. The fraction of sp³-hybridized carbons (Fsp3) is 0.308. The van der Waals surface area contributed by atoms with Crippen molar-refractivity contribution in [2.75, 3.05) is 0 Å². The van der Waals surface area contributed by atoms with Gasteiger partial charge in [-0.25, -0.2) is 0 Å². The van der Waals surface area contributed by atoms with Gasteiger partial charge in [-0.3, -0.25) is 4.98 Å². The van der Waals surface area contributed by atoms with Crippen LogP contribution >= 0.6 is 0 Å². The Labute approximate surface area is 190 Å². The van der Waals surface area contributed by atoms with E-state index in [1.54, 1.807) is 62.3 Å². The number of hydrogen-bond donors (Lipinski definition) is 1. The zero-order valence-corrected chi connectivity index (χ0v) is 18.7. The second-order valence-electron chi connectivity index (χ2n) is 9.14. The van der Waals surface area contributed by atoms with E-state index in [1.165, 1.54) is 0 Å². The summed E-state index contributed by atoms with van der Waals surface area (Å²) in [6, 6.07) is 14.5. The predicted octanol–water partition coefficient (Wildman–Crippen LogP) is 4.84. The Morgan fingerprint density at radius 2 is 1.82 bits per heavy atom. The molecule has 0 bridgehead atoms. The molecule has 1 unspecified atom stereocenters. The molecular weight excluding hydrogens is 427 g/mol. The molecule has 0 aliphatic carbocycles. The van der Waals surface area contributed by atoms with Crippen LogP contribution in [0.1, 0.15) is 31.5 Å². The Morgan fingerprint density at radius 3 is 2.48 bits per heavy atom. The molecule has 1 N–H and O–H groups in total. The molecule has 1 aromatic carbocycles. The molecule has 0 saturated carbocycles. The largest absolute Gasteiger partial charge is 0.417 e. The van der Waals surface area contributed by atoms with E-state index in [0.717, 1.165) is 16.5 Å². The van der Waals surface area contributed by atoms with Crippen LogP contribution in [0.25, 0.3) is 22.0 Å². The van der Waals surface area contributed by atoms with Crippen LogP contribution in [0.4, 0.5) is 13.2 Å². The van der Waals surface area contributed by atoms with Gasteiger partial charge in [0.25, 0.3) is 0 Å². The van der Waals surface area contributed by atoms with Crippen molar-refractivity contribution in [1.29, 1.82) is 0 Å². The molecule has 7 heteroatoms. The lowest BCUT2D eigenvalue weighted by atomic mass is 9.73. The highest BCUT2D eigenvalue weighted by molar-refractivity contribution is 5.78. The summed E-state index contributed by atoms with van der Waals surface area (Å²) in [5, 5.41) is 11.8. The Hall–Kier alpha value is -3.37. The fourth-order valence-corrected chi connectivity index (χ4v) is 4.38. The Bertz CT molecular complexity index is 1260. The maximum Gasteiger partial charge on any atom is 0.417 e. The van der Waals surface area contributed by atoms with Gasteiger partial charge >= 0.3 is 18.6 Å². The van der Waals surface area contributed by atoms with Crippen molar-refractivity contribution >= 4 is 10.9 Å². The second kappa shape index (κ2) is 8.20. The van der Waals surface area contributed by atoms with Crippen LogP contribution in [0, 0.1) is 6.20 Å². The quantitative estimate of drug-likeness (QED) is 0.455. The third-order valence-electron chi connectivity index (χ3n) is 6.24. The lowest BCUT2D eigenvalue weighted by Crippen LogP contribution is -2.51. The van der Waals surface area contributed by atoms with Gasteiger partial charge in [0.2, 0.25) is 0 Å². The number of fused-ring (bicyclic) bond motifs is 1. The third-order valence-corrected chi connectivity index (χ3v) is 6.24. The van der Waals surface area contributed by atoms with Gasteiger partial charge in [-0.1, -0.05) is 44.2 Å². The summed E-state index contributed by atoms with van der Waals surface area (Å²) in [6.45, 7) is 3.45. The summed E-state index contributed by atoms with van der Waals surface area (Å²) >= 11 is 0. The molecule has 3 aromatic heterocycles. The van der Waals surface area contributed by atoms with E-state index < -0.39 is 30.0 Å². The zero-order chi connectivity index (χ0) is 23.9. The number of aromatic nitrogens is 3. The van der Waals surface area contributed by atoms with Crippen LogP contribution in [0.2, 0.25) is 0 Å². The van der Waals surface area contributed by atoms with Gasteiger partial charge in [-0.2, -0.15) is 13.2 Å². The number of benzene rings is 1. The average molecular weight is 453 g/mol. The van der Waals surface area contributed by atoms with Crippen LogP contribution in [-0.2, 0) is 18.9 Å². The smallest absolute Gasteiger partial charge is 0.380 e. The van der Waals surface area contributed by atoms with Crippen molar-refractivity contribution in [1.82, 2.24) is 9.55 Å². The number of nitrogens with zero attached hydrogens (tertiary/aromatic N) is 3. The summed E-state index contributed by atoms with van der Waals surface area (Å²) in [4.78, 5) is 8.05. The molecule has 4 rings (SSSR count). The Kier molecular flexibility index (Phi) is 5.67. The van der Waals surface area contributed by atoms with Crippen molar-refractivity contribution in [3.8, 4) is 11.1 Å². The molecule has 0 aliphatic rings. The minimum absolute atomic E-state index is 0.369. The molecule has 4 aromatic rings. The first-order chi connectivity index (χ1) is 15.5. The first-order valence-electron chi connectivity index (χ1n) is 10.6. The average Bonchev–Trinajstić information content (AvgIpc) is 3.08. The number of alkyl halides is 3. The van der Waals surface area contributed by atoms with Crippen LogP contribution in [-0.4, -0.2) is 26.4 Å². The molecule has 0 aliphatic heterocycles. The highest BCUT2D eigenvalue weighted by Gasteiger charge is 2.56. The molecule has 1 atom stereocenters. The van der Waals surface area contributed by atoms with E-state index in [-0.39, 0.29) is 0 Å². The first kappa shape index (κ1) is 22.8. The summed E-state index contributed by atoms with van der Waals surface area (Å²) in [5.41, 5.74) is -0.463. The van der Waals surface area contributed by atoms with E-state index in [4.69, 9.17) is 0 Å². The van der Waals surface area contributed by atoms with E-state index in [0.29, 0.717) is 16.8 Å². The fourth-order valence-electron chi connectivity index (χ4n) is 4.38. The topological polar surface area (TPSA) is 52.1 Å². The summed E-state index contributed by atoms with van der Waals surface area (Å²) < 4.78 is 44.4. The minimum atomic E-state index is -4.82. The number of halogens is 3. The molecular formula is C26H25F3N3O+. The first-order valence-corrected chi connectivity index (χ1v) is 10.6. The zero-order valence-electron chi connectivity index (χ0n) is 18.7. The Balaban J connectivity index is 1.69. The molecule has 33 heavy (non-hydrogen) atoms. The molecule has 4 nitrogen and oxygen atoms in total. The highest BCUT2D eigenvalue weighted by atomic mass is 19.4. The standard InChI is InChI=1S/C26H25F3N3O/c1-24(2,21-8-4-6-18(12-21)20-7-5-10-30-15-20)17-25(33,26(27,28)29)14-22-13-19-9-11-31-16-23(19)32(22)3/h4-13,15,33H,14,17H2,1-3H3/q+1. The molecule has 0 amide bonds. The van der Waals surface area contributed by atoms with Crippen molar-refractivity contribution in [3.63, 3.8) is 0 Å². The summed E-state index contributed by atoms with van der Waals surface area (Å²) in [5.74, 6) is 0. The number of hydrogen-bond acceptors (Lipinski definition) is 2. The van der Waals surface area contributed by atoms with E-state index in [2.05, 4.69) is 16.2 Å². The SMILES string of the molecule is Cn1c(CC(O)(CC(C)(C)c2cccc(-c3cccnc3)c2)C(F)(F)F)cc2cc[n+]#cc21. The van der Waals surface area contributed by atoms with Crippen molar-refractivity contribution in [3.05, 3.63) is 84.6 Å². The van der Waals surface area contributed by atoms with Gasteiger partial charge in [-0.05, 0) is 45.6 Å². The lowest BCUT2D eigenvalue weighted by molar-refractivity contribution is -0.292.